The first kappa shape index (κ1) is 12.2. The number of hydrogen-bond donors (Lipinski definition) is 1. The summed E-state index contributed by atoms with van der Waals surface area (Å²) in [5.74, 6) is -14.4. The summed E-state index contributed by atoms with van der Waals surface area (Å²) in [6.45, 7) is -1.22. The van der Waals surface area contributed by atoms with Crippen molar-refractivity contribution in [3.05, 3.63) is 29.1 Å². The molecule has 0 spiro atoms. The molecule has 0 amide bonds. The van der Waals surface area contributed by atoms with E-state index in [1.54, 1.807) is 0 Å². The van der Waals surface area contributed by atoms with Crippen LogP contribution in [0.4, 0.5) is 22.0 Å². The van der Waals surface area contributed by atoms with Crippen LogP contribution in [-0.2, 0) is 4.79 Å². The van der Waals surface area contributed by atoms with Crippen LogP contribution in [0.2, 0.25) is 0 Å². The highest BCUT2D eigenvalue weighted by atomic mass is 19.2. The first-order chi connectivity index (χ1) is 7.36. The minimum atomic E-state index is -2.34. The van der Waals surface area contributed by atoms with Gasteiger partial charge in [-0.2, -0.15) is 8.78 Å². The summed E-state index contributed by atoms with van der Waals surface area (Å²) in [5.41, 5.74) is 0. The molecular weight excluding hydrogens is 239 g/mol. The molecule has 0 aliphatic heterocycles. The lowest BCUT2D eigenvalue weighted by Gasteiger charge is -2.07. The zero-order valence-corrected chi connectivity index (χ0v) is 7.36. The van der Waals surface area contributed by atoms with E-state index in [1.165, 1.54) is 0 Å². The Hall–Kier alpha value is -1.86. The van der Waals surface area contributed by atoms with Crippen molar-refractivity contribution in [3.63, 3.8) is 0 Å². The Morgan fingerprint density at radius 2 is 1.31 bits per heavy atom. The molecule has 0 aliphatic rings. The molecule has 1 rings (SSSR count). The molecule has 0 unspecified atom stereocenters. The van der Waals surface area contributed by atoms with Gasteiger partial charge in [0, 0.05) is 0 Å². The van der Waals surface area contributed by atoms with Crippen molar-refractivity contribution in [1.29, 1.82) is 0 Å². The van der Waals surface area contributed by atoms with Crippen molar-refractivity contribution in [2.45, 2.75) is 0 Å². The van der Waals surface area contributed by atoms with E-state index in [0.29, 0.717) is 0 Å². The third-order valence-electron chi connectivity index (χ3n) is 1.51. The predicted molar refractivity (Wildman–Crippen MR) is 39.4 cm³/mol. The molecule has 0 atom stereocenters. The van der Waals surface area contributed by atoms with Crippen LogP contribution in [0.1, 0.15) is 0 Å². The molecule has 8 heteroatoms. The molecule has 0 aromatic heterocycles. The van der Waals surface area contributed by atoms with Crippen molar-refractivity contribution < 1.29 is 36.6 Å². The monoisotopic (exact) mass is 242 g/mol. The lowest BCUT2D eigenvalue weighted by molar-refractivity contribution is -0.139. The summed E-state index contributed by atoms with van der Waals surface area (Å²) >= 11 is 0. The lowest BCUT2D eigenvalue weighted by atomic mass is 10.2. The summed E-state index contributed by atoms with van der Waals surface area (Å²) < 4.78 is 67.2. The van der Waals surface area contributed by atoms with E-state index >= 15 is 0 Å². The lowest BCUT2D eigenvalue weighted by Crippen LogP contribution is -2.13. The number of hydrogen-bond acceptors (Lipinski definition) is 2. The fraction of sp³-hybridized carbons (Fsp3) is 0.125. The van der Waals surface area contributed by atoms with Crippen LogP contribution in [0.5, 0.6) is 5.75 Å². The Bertz CT molecular complexity index is 417. The van der Waals surface area contributed by atoms with Crippen molar-refractivity contribution in [1.82, 2.24) is 0 Å². The van der Waals surface area contributed by atoms with E-state index in [0.717, 1.165) is 0 Å². The van der Waals surface area contributed by atoms with Gasteiger partial charge in [0.15, 0.2) is 12.4 Å². The third kappa shape index (κ3) is 2.05. The maximum Gasteiger partial charge on any atom is 0.341 e. The normalized spacial score (nSPS) is 10.3. The summed E-state index contributed by atoms with van der Waals surface area (Å²) in [7, 11) is 0. The highest BCUT2D eigenvalue weighted by Gasteiger charge is 2.27. The van der Waals surface area contributed by atoms with E-state index in [9.17, 15) is 26.7 Å². The summed E-state index contributed by atoms with van der Waals surface area (Å²) in [5, 5.41) is 8.12. The van der Waals surface area contributed by atoms with E-state index in [4.69, 9.17) is 5.11 Å². The van der Waals surface area contributed by atoms with Crippen molar-refractivity contribution in [2.24, 2.45) is 0 Å². The van der Waals surface area contributed by atoms with Gasteiger partial charge in [0.1, 0.15) is 0 Å². The molecule has 1 aromatic rings. The van der Waals surface area contributed by atoms with Crippen LogP contribution < -0.4 is 4.74 Å². The number of rotatable bonds is 3. The van der Waals surface area contributed by atoms with Gasteiger partial charge in [0.05, 0.1) is 0 Å². The van der Waals surface area contributed by atoms with Gasteiger partial charge >= 0.3 is 5.97 Å². The molecule has 0 aliphatic carbocycles. The number of aliphatic carboxylic acids is 1. The highest BCUT2D eigenvalue weighted by Crippen LogP contribution is 2.28. The minimum absolute atomic E-state index is 1.22. The largest absolute Gasteiger partial charge is 0.479 e. The Morgan fingerprint density at radius 3 is 1.69 bits per heavy atom. The molecule has 16 heavy (non-hydrogen) atoms. The van der Waals surface area contributed by atoms with Gasteiger partial charge in [-0.3, -0.25) is 0 Å². The van der Waals surface area contributed by atoms with E-state index < -0.39 is 47.4 Å². The second-order valence-electron chi connectivity index (χ2n) is 2.58. The number of carboxylic acid groups (broad SMARTS) is 1. The first-order valence-corrected chi connectivity index (χ1v) is 3.72. The topological polar surface area (TPSA) is 46.5 Å². The molecule has 0 saturated heterocycles. The van der Waals surface area contributed by atoms with Crippen LogP contribution in [0, 0.1) is 29.1 Å². The first-order valence-electron chi connectivity index (χ1n) is 3.72. The smallest absolute Gasteiger partial charge is 0.341 e. The highest BCUT2D eigenvalue weighted by molar-refractivity contribution is 5.68. The van der Waals surface area contributed by atoms with Crippen molar-refractivity contribution in [3.8, 4) is 5.75 Å². The van der Waals surface area contributed by atoms with E-state index in [2.05, 4.69) is 4.74 Å². The molecule has 0 radical (unpaired) electrons. The van der Waals surface area contributed by atoms with Crippen LogP contribution in [-0.4, -0.2) is 17.7 Å². The minimum Gasteiger partial charge on any atom is -0.479 e. The molecule has 0 bridgehead atoms. The molecule has 0 fully saturated rings. The van der Waals surface area contributed by atoms with E-state index in [-0.39, 0.29) is 0 Å². The van der Waals surface area contributed by atoms with Crippen molar-refractivity contribution in [2.75, 3.05) is 6.61 Å². The molecular formula is C8H3F5O3. The zero-order chi connectivity index (χ0) is 12.5. The van der Waals surface area contributed by atoms with Gasteiger partial charge in [-0.05, 0) is 0 Å². The molecule has 3 nitrogen and oxygen atoms in total. The van der Waals surface area contributed by atoms with Gasteiger partial charge in [0.25, 0.3) is 0 Å². The van der Waals surface area contributed by atoms with Gasteiger partial charge in [-0.25, -0.2) is 18.0 Å². The number of halogens is 5. The average molecular weight is 242 g/mol. The number of carbonyl (C=O) groups is 1. The number of ether oxygens (including phenoxy) is 1. The van der Waals surface area contributed by atoms with Gasteiger partial charge in [-0.15, -0.1) is 0 Å². The predicted octanol–water partition coefficient (Wildman–Crippen LogP) is 1.85. The molecule has 1 N–H and O–H groups in total. The molecule has 0 heterocycles. The Labute approximate surface area is 85.1 Å². The maximum atomic E-state index is 12.8. The summed E-state index contributed by atoms with van der Waals surface area (Å²) in [4.78, 5) is 10.0. The average Bonchev–Trinajstić information content (AvgIpc) is 2.23. The van der Waals surface area contributed by atoms with Crippen LogP contribution in [0.15, 0.2) is 0 Å². The fourth-order valence-electron chi connectivity index (χ4n) is 0.845. The number of benzene rings is 1. The fourth-order valence-corrected chi connectivity index (χ4v) is 0.845. The van der Waals surface area contributed by atoms with Gasteiger partial charge < -0.3 is 9.84 Å². The molecule has 0 saturated carbocycles. The quantitative estimate of drug-likeness (QED) is 0.499. The van der Waals surface area contributed by atoms with Crippen molar-refractivity contribution >= 4 is 5.97 Å². The third-order valence-corrected chi connectivity index (χ3v) is 1.51. The Morgan fingerprint density at radius 1 is 0.938 bits per heavy atom. The van der Waals surface area contributed by atoms with Crippen LogP contribution in [0.3, 0.4) is 0 Å². The molecule has 88 valence electrons. The summed E-state index contributed by atoms with van der Waals surface area (Å²) in [6.07, 6.45) is 0. The zero-order valence-electron chi connectivity index (χ0n) is 7.36. The van der Waals surface area contributed by atoms with E-state index in [1.807, 2.05) is 0 Å². The SMILES string of the molecule is O=C(O)COc1c(F)c(F)c(F)c(F)c1F. The Balaban J connectivity index is 3.23. The second-order valence-corrected chi connectivity index (χ2v) is 2.58. The van der Waals surface area contributed by atoms with Gasteiger partial charge in [-0.1, -0.05) is 0 Å². The summed E-state index contributed by atoms with van der Waals surface area (Å²) in [6, 6.07) is 0. The Kier molecular flexibility index (Phi) is 3.31. The second kappa shape index (κ2) is 4.33. The molecule has 1 aromatic carbocycles. The van der Waals surface area contributed by atoms with Crippen LogP contribution >= 0.6 is 0 Å². The van der Waals surface area contributed by atoms with Crippen LogP contribution in [0.25, 0.3) is 0 Å². The standard InChI is InChI=1S/C8H3F5O3/c9-3-4(10)6(12)8(7(13)5(3)11)16-1-2(14)15/h1H2,(H,14,15). The van der Waals surface area contributed by atoms with Gasteiger partial charge in [0.2, 0.25) is 29.1 Å². The maximum absolute atomic E-state index is 12.8. The number of carboxylic acids is 1.